The number of hydrogen-bond acceptors (Lipinski definition) is 3. The molecule has 0 saturated carbocycles. The molecule has 1 aromatic carbocycles. The SMILES string of the molecule is Cc1cc(=O)c(C(=O)O)nn1-c1ccc(Br)cc1Br. The molecule has 19 heavy (non-hydrogen) atoms. The minimum absolute atomic E-state index is 0.500. The van der Waals surface area contributed by atoms with E-state index in [0.717, 1.165) is 8.95 Å². The second-order valence-corrected chi connectivity index (χ2v) is 5.58. The van der Waals surface area contributed by atoms with Gasteiger partial charge >= 0.3 is 5.97 Å². The predicted octanol–water partition coefficient (Wildman–Crippen LogP) is 2.76. The smallest absolute Gasteiger partial charge is 0.360 e. The summed E-state index contributed by atoms with van der Waals surface area (Å²) in [5.74, 6) is -1.34. The normalized spacial score (nSPS) is 10.5. The monoisotopic (exact) mass is 386 g/mol. The summed E-state index contributed by atoms with van der Waals surface area (Å²) in [6, 6.07) is 6.64. The lowest BCUT2D eigenvalue weighted by Gasteiger charge is -2.11. The van der Waals surface area contributed by atoms with Crippen molar-refractivity contribution in [3.05, 3.63) is 54.8 Å². The molecule has 5 nitrogen and oxygen atoms in total. The number of rotatable bonds is 2. The van der Waals surface area contributed by atoms with E-state index in [1.165, 1.54) is 10.7 Å². The van der Waals surface area contributed by atoms with Crippen LogP contribution in [0.15, 0.2) is 38.0 Å². The molecule has 0 fully saturated rings. The third kappa shape index (κ3) is 2.76. The maximum Gasteiger partial charge on any atom is 0.360 e. The van der Waals surface area contributed by atoms with E-state index in [-0.39, 0.29) is 0 Å². The van der Waals surface area contributed by atoms with Crippen LogP contribution in [0.5, 0.6) is 0 Å². The Morgan fingerprint density at radius 1 is 1.32 bits per heavy atom. The molecule has 2 rings (SSSR count). The number of aromatic carboxylic acids is 1. The Hall–Kier alpha value is -1.47. The molecule has 98 valence electrons. The highest BCUT2D eigenvalue weighted by Gasteiger charge is 2.14. The summed E-state index contributed by atoms with van der Waals surface area (Å²) in [5, 5.41) is 12.8. The van der Waals surface area contributed by atoms with E-state index in [2.05, 4.69) is 37.0 Å². The molecular formula is C12H8Br2N2O3. The van der Waals surface area contributed by atoms with Gasteiger partial charge < -0.3 is 5.11 Å². The van der Waals surface area contributed by atoms with Gasteiger partial charge in [0.1, 0.15) is 0 Å². The maximum absolute atomic E-state index is 11.5. The van der Waals surface area contributed by atoms with Crippen molar-refractivity contribution in [1.82, 2.24) is 9.78 Å². The van der Waals surface area contributed by atoms with Crippen LogP contribution in [0.4, 0.5) is 0 Å². The lowest BCUT2D eigenvalue weighted by Crippen LogP contribution is -2.22. The zero-order valence-electron chi connectivity index (χ0n) is 9.72. The van der Waals surface area contributed by atoms with Crippen molar-refractivity contribution in [3.8, 4) is 5.69 Å². The molecule has 0 aliphatic rings. The van der Waals surface area contributed by atoms with E-state index in [1.807, 2.05) is 6.07 Å². The molecule has 7 heteroatoms. The van der Waals surface area contributed by atoms with Crippen LogP contribution in [0.25, 0.3) is 5.69 Å². The van der Waals surface area contributed by atoms with Gasteiger partial charge in [-0.05, 0) is 41.1 Å². The zero-order chi connectivity index (χ0) is 14.2. The highest BCUT2D eigenvalue weighted by Crippen LogP contribution is 2.25. The number of nitrogens with zero attached hydrogens (tertiary/aromatic N) is 2. The first-order valence-electron chi connectivity index (χ1n) is 5.20. The molecule has 1 aromatic heterocycles. The number of hydrogen-bond donors (Lipinski definition) is 1. The minimum atomic E-state index is -1.34. The summed E-state index contributed by atoms with van der Waals surface area (Å²) in [7, 11) is 0. The first-order chi connectivity index (χ1) is 8.90. The fraction of sp³-hybridized carbons (Fsp3) is 0.0833. The standard InChI is InChI=1S/C12H8Br2N2O3/c1-6-4-10(17)11(12(18)19)15-16(6)9-3-2-7(13)5-8(9)14/h2-5H,1H3,(H,18,19). The van der Waals surface area contributed by atoms with Gasteiger partial charge in [0.15, 0.2) is 0 Å². The first-order valence-corrected chi connectivity index (χ1v) is 6.78. The molecule has 0 unspecified atom stereocenters. The highest BCUT2D eigenvalue weighted by atomic mass is 79.9. The summed E-state index contributed by atoms with van der Waals surface area (Å²) in [6.45, 7) is 1.69. The summed E-state index contributed by atoms with van der Waals surface area (Å²) in [4.78, 5) is 22.5. The number of carboxylic acid groups (broad SMARTS) is 1. The van der Waals surface area contributed by atoms with Crippen LogP contribution in [0.1, 0.15) is 16.2 Å². The highest BCUT2D eigenvalue weighted by molar-refractivity contribution is 9.11. The zero-order valence-corrected chi connectivity index (χ0v) is 12.9. The van der Waals surface area contributed by atoms with Crippen molar-refractivity contribution in [2.24, 2.45) is 0 Å². The van der Waals surface area contributed by atoms with Crippen molar-refractivity contribution in [2.45, 2.75) is 6.92 Å². The third-order valence-electron chi connectivity index (χ3n) is 2.45. The Morgan fingerprint density at radius 3 is 2.58 bits per heavy atom. The summed E-state index contributed by atoms with van der Waals surface area (Å²) in [5.41, 5.74) is 0.108. The largest absolute Gasteiger partial charge is 0.476 e. The van der Waals surface area contributed by atoms with Crippen LogP contribution < -0.4 is 5.43 Å². The molecule has 1 N–H and O–H groups in total. The Labute approximate surface area is 125 Å². The van der Waals surface area contributed by atoms with Gasteiger partial charge in [0, 0.05) is 20.7 Å². The van der Waals surface area contributed by atoms with Crippen molar-refractivity contribution in [2.75, 3.05) is 0 Å². The lowest BCUT2D eigenvalue weighted by molar-refractivity contribution is 0.0686. The van der Waals surface area contributed by atoms with E-state index < -0.39 is 17.1 Å². The van der Waals surface area contributed by atoms with Crippen LogP contribution in [0.3, 0.4) is 0 Å². The molecule has 0 amide bonds. The fourth-order valence-corrected chi connectivity index (χ4v) is 2.81. The fourth-order valence-electron chi connectivity index (χ4n) is 1.59. The maximum atomic E-state index is 11.5. The molecule has 0 aliphatic carbocycles. The number of carbonyl (C=O) groups is 1. The molecule has 0 aliphatic heterocycles. The number of aromatic nitrogens is 2. The van der Waals surface area contributed by atoms with Gasteiger partial charge in [0.2, 0.25) is 11.1 Å². The number of carboxylic acids is 1. The number of aryl methyl sites for hydroxylation is 1. The lowest BCUT2D eigenvalue weighted by atomic mass is 10.3. The summed E-state index contributed by atoms with van der Waals surface area (Å²) < 4.78 is 3.03. The van der Waals surface area contributed by atoms with Gasteiger partial charge in [-0.1, -0.05) is 15.9 Å². The van der Waals surface area contributed by atoms with Gasteiger partial charge in [0.05, 0.1) is 5.69 Å². The van der Waals surface area contributed by atoms with Crippen molar-refractivity contribution in [1.29, 1.82) is 0 Å². The average molecular weight is 388 g/mol. The van der Waals surface area contributed by atoms with Crippen molar-refractivity contribution in [3.63, 3.8) is 0 Å². The topological polar surface area (TPSA) is 72.2 Å². The average Bonchev–Trinajstić information content (AvgIpc) is 2.30. The van der Waals surface area contributed by atoms with Gasteiger partial charge in [-0.3, -0.25) is 4.79 Å². The van der Waals surface area contributed by atoms with Gasteiger partial charge in [0.25, 0.3) is 0 Å². The van der Waals surface area contributed by atoms with Gasteiger partial charge in [-0.25, -0.2) is 9.48 Å². The summed E-state index contributed by atoms with van der Waals surface area (Å²) >= 11 is 6.71. The Kier molecular flexibility index (Phi) is 3.86. The van der Waals surface area contributed by atoms with E-state index in [0.29, 0.717) is 11.4 Å². The Bertz CT molecular complexity index is 725. The first kappa shape index (κ1) is 14.0. The molecule has 0 saturated heterocycles. The molecule has 0 bridgehead atoms. The van der Waals surface area contributed by atoms with Crippen molar-refractivity contribution < 1.29 is 9.90 Å². The minimum Gasteiger partial charge on any atom is -0.476 e. The Balaban J connectivity index is 2.71. The summed E-state index contributed by atoms with van der Waals surface area (Å²) in [6.07, 6.45) is 0. The molecule has 0 spiro atoms. The van der Waals surface area contributed by atoms with Crippen LogP contribution in [0.2, 0.25) is 0 Å². The molecule has 1 heterocycles. The van der Waals surface area contributed by atoms with E-state index in [4.69, 9.17) is 5.11 Å². The van der Waals surface area contributed by atoms with E-state index in [1.54, 1.807) is 19.1 Å². The molecular weight excluding hydrogens is 380 g/mol. The third-order valence-corrected chi connectivity index (χ3v) is 3.58. The van der Waals surface area contributed by atoms with Crippen molar-refractivity contribution >= 4 is 37.8 Å². The van der Waals surface area contributed by atoms with Crippen LogP contribution in [-0.2, 0) is 0 Å². The Morgan fingerprint density at radius 2 is 2.00 bits per heavy atom. The van der Waals surface area contributed by atoms with Crippen LogP contribution in [0, 0.1) is 6.92 Å². The molecule has 0 atom stereocenters. The van der Waals surface area contributed by atoms with Crippen LogP contribution >= 0.6 is 31.9 Å². The second kappa shape index (κ2) is 5.26. The van der Waals surface area contributed by atoms with E-state index in [9.17, 15) is 9.59 Å². The molecule has 0 radical (unpaired) electrons. The number of halogens is 2. The molecule has 2 aromatic rings. The van der Waals surface area contributed by atoms with Crippen LogP contribution in [-0.4, -0.2) is 20.9 Å². The number of benzene rings is 1. The second-order valence-electron chi connectivity index (χ2n) is 3.81. The predicted molar refractivity (Wildman–Crippen MR) is 76.9 cm³/mol. The van der Waals surface area contributed by atoms with Gasteiger partial charge in [-0.15, -0.1) is 0 Å². The van der Waals surface area contributed by atoms with E-state index >= 15 is 0 Å². The van der Waals surface area contributed by atoms with Gasteiger partial charge in [-0.2, -0.15) is 5.10 Å². The quantitative estimate of drug-likeness (QED) is 0.859.